The van der Waals surface area contributed by atoms with E-state index in [-0.39, 0.29) is 11.9 Å². The Labute approximate surface area is 84.3 Å². The molecule has 2 heteroatoms. The molecule has 74 valence electrons. The van der Waals surface area contributed by atoms with Crippen molar-refractivity contribution in [2.45, 2.75) is 25.8 Å². The highest BCUT2D eigenvalue weighted by Crippen LogP contribution is 2.29. The van der Waals surface area contributed by atoms with Crippen molar-refractivity contribution in [3.05, 3.63) is 35.9 Å². The Morgan fingerprint density at radius 1 is 1.36 bits per heavy atom. The molecule has 14 heavy (non-hydrogen) atoms. The average Bonchev–Trinajstić information content (AvgIpc) is 3.02. The Balaban J connectivity index is 1.95. The Kier molecular flexibility index (Phi) is 2.53. The molecule has 1 fully saturated rings. The number of hydrogen-bond donors (Lipinski definition) is 1. The summed E-state index contributed by atoms with van der Waals surface area (Å²) >= 11 is 0. The van der Waals surface area contributed by atoms with Gasteiger partial charge in [0.15, 0.2) is 0 Å². The zero-order valence-electron chi connectivity index (χ0n) is 8.36. The molecule has 1 amide bonds. The fourth-order valence-corrected chi connectivity index (χ4v) is 1.50. The molecule has 2 nitrogen and oxygen atoms in total. The molecule has 1 saturated carbocycles. The van der Waals surface area contributed by atoms with Crippen molar-refractivity contribution in [3.8, 4) is 0 Å². The summed E-state index contributed by atoms with van der Waals surface area (Å²) in [4.78, 5) is 11.5. The molecule has 1 aromatic rings. The minimum Gasteiger partial charge on any atom is -0.349 e. The van der Waals surface area contributed by atoms with Gasteiger partial charge in [-0.15, -0.1) is 0 Å². The van der Waals surface area contributed by atoms with Crippen LogP contribution < -0.4 is 5.32 Å². The van der Waals surface area contributed by atoms with E-state index in [1.807, 2.05) is 37.3 Å². The molecule has 0 spiro atoms. The zero-order chi connectivity index (χ0) is 9.97. The van der Waals surface area contributed by atoms with Crippen LogP contribution in [0.2, 0.25) is 0 Å². The second kappa shape index (κ2) is 3.82. The zero-order valence-corrected chi connectivity index (χ0v) is 8.36. The molecule has 0 heterocycles. The van der Waals surface area contributed by atoms with Crippen LogP contribution in [0.3, 0.4) is 0 Å². The maximum Gasteiger partial charge on any atom is 0.223 e. The SMILES string of the molecule is CC(NC(=O)C1CC1)c1ccccc1. The third-order valence-corrected chi connectivity index (χ3v) is 2.61. The molecular weight excluding hydrogens is 174 g/mol. The Morgan fingerprint density at radius 2 is 2.00 bits per heavy atom. The lowest BCUT2D eigenvalue weighted by molar-refractivity contribution is -0.122. The van der Waals surface area contributed by atoms with Crippen LogP contribution in [0, 0.1) is 5.92 Å². The molecule has 2 rings (SSSR count). The van der Waals surface area contributed by atoms with Gasteiger partial charge in [0.2, 0.25) is 5.91 Å². The second-order valence-electron chi connectivity index (χ2n) is 3.92. The fraction of sp³-hybridized carbons (Fsp3) is 0.417. The van der Waals surface area contributed by atoms with Gasteiger partial charge in [0, 0.05) is 5.92 Å². The molecule has 1 aliphatic rings. The first kappa shape index (κ1) is 9.25. The van der Waals surface area contributed by atoms with Crippen molar-refractivity contribution in [3.63, 3.8) is 0 Å². The normalized spacial score (nSPS) is 17.5. The Morgan fingerprint density at radius 3 is 2.57 bits per heavy atom. The van der Waals surface area contributed by atoms with E-state index in [0.29, 0.717) is 5.92 Å². The molecule has 1 aliphatic carbocycles. The highest BCUT2D eigenvalue weighted by molar-refractivity contribution is 5.81. The summed E-state index contributed by atoms with van der Waals surface area (Å²) in [5.74, 6) is 0.502. The van der Waals surface area contributed by atoms with E-state index in [0.717, 1.165) is 12.8 Å². The van der Waals surface area contributed by atoms with Crippen LogP contribution in [0.5, 0.6) is 0 Å². The average molecular weight is 189 g/mol. The van der Waals surface area contributed by atoms with E-state index < -0.39 is 0 Å². The predicted octanol–water partition coefficient (Wildman–Crippen LogP) is 2.27. The number of carbonyl (C=O) groups excluding carboxylic acids is 1. The summed E-state index contributed by atoms with van der Waals surface area (Å²) in [7, 11) is 0. The standard InChI is InChI=1S/C12H15NO/c1-9(10-5-3-2-4-6-10)13-12(14)11-7-8-11/h2-6,9,11H,7-8H2,1H3,(H,13,14). The van der Waals surface area contributed by atoms with E-state index in [2.05, 4.69) is 5.32 Å². The number of rotatable bonds is 3. The monoisotopic (exact) mass is 189 g/mol. The van der Waals surface area contributed by atoms with Crippen molar-refractivity contribution < 1.29 is 4.79 Å². The van der Waals surface area contributed by atoms with Crippen LogP contribution >= 0.6 is 0 Å². The first-order valence-corrected chi connectivity index (χ1v) is 5.12. The third-order valence-electron chi connectivity index (χ3n) is 2.61. The van der Waals surface area contributed by atoms with Gasteiger partial charge in [-0.1, -0.05) is 30.3 Å². The molecule has 0 aliphatic heterocycles. The van der Waals surface area contributed by atoms with E-state index in [4.69, 9.17) is 0 Å². The summed E-state index contributed by atoms with van der Waals surface area (Å²) in [6, 6.07) is 10.2. The van der Waals surface area contributed by atoms with Crippen molar-refractivity contribution in [2.75, 3.05) is 0 Å². The molecule has 1 atom stereocenters. The number of carbonyl (C=O) groups is 1. The van der Waals surface area contributed by atoms with Gasteiger partial charge >= 0.3 is 0 Å². The van der Waals surface area contributed by atoms with Crippen molar-refractivity contribution in [1.82, 2.24) is 5.32 Å². The smallest absolute Gasteiger partial charge is 0.223 e. The molecule has 0 aromatic heterocycles. The van der Waals surface area contributed by atoms with Crippen molar-refractivity contribution >= 4 is 5.91 Å². The van der Waals surface area contributed by atoms with E-state index in [1.165, 1.54) is 5.56 Å². The molecule has 0 bridgehead atoms. The summed E-state index contributed by atoms with van der Waals surface area (Å²) < 4.78 is 0. The molecule has 1 N–H and O–H groups in total. The van der Waals surface area contributed by atoms with Crippen molar-refractivity contribution in [1.29, 1.82) is 0 Å². The highest BCUT2D eigenvalue weighted by Gasteiger charge is 2.30. The van der Waals surface area contributed by atoms with E-state index >= 15 is 0 Å². The lowest BCUT2D eigenvalue weighted by Crippen LogP contribution is -2.27. The van der Waals surface area contributed by atoms with Gasteiger partial charge in [-0.2, -0.15) is 0 Å². The van der Waals surface area contributed by atoms with Gasteiger partial charge < -0.3 is 5.32 Å². The molecule has 0 saturated heterocycles. The van der Waals surface area contributed by atoms with Gasteiger partial charge in [-0.25, -0.2) is 0 Å². The minimum atomic E-state index is 0.129. The fourth-order valence-electron chi connectivity index (χ4n) is 1.50. The van der Waals surface area contributed by atoms with E-state index in [9.17, 15) is 4.79 Å². The van der Waals surface area contributed by atoms with Crippen LogP contribution in [0.1, 0.15) is 31.4 Å². The van der Waals surface area contributed by atoms with Gasteiger partial charge in [0.1, 0.15) is 0 Å². The summed E-state index contributed by atoms with van der Waals surface area (Å²) in [6.07, 6.45) is 2.13. The van der Waals surface area contributed by atoms with Gasteiger partial charge in [0.25, 0.3) is 0 Å². The summed E-state index contributed by atoms with van der Waals surface area (Å²) in [5.41, 5.74) is 1.17. The van der Waals surface area contributed by atoms with Crippen LogP contribution in [0.4, 0.5) is 0 Å². The quantitative estimate of drug-likeness (QED) is 0.776. The summed E-state index contributed by atoms with van der Waals surface area (Å²) in [6.45, 7) is 2.02. The van der Waals surface area contributed by atoms with Gasteiger partial charge in [-0.05, 0) is 25.3 Å². The molecule has 1 unspecified atom stereocenters. The Bertz CT molecular complexity index is 316. The first-order chi connectivity index (χ1) is 6.77. The maximum absolute atomic E-state index is 11.5. The maximum atomic E-state index is 11.5. The number of amides is 1. The van der Waals surface area contributed by atoms with Gasteiger partial charge in [-0.3, -0.25) is 4.79 Å². The topological polar surface area (TPSA) is 29.1 Å². The molecule has 0 radical (unpaired) electrons. The van der Waals surface area contributed by atoms with Crippen LogP contribution in [0.15, 0.2) is 30.3 Å². The lowest BCUT2D eigenvalue weighted by atomic mass is 10.1. The van der Waals surface area contributed by atoms with Crippen LogP contribution in [-0.4, -0.2) is 5.91 Å². The van der Waals surface area contributed by atoms with Crippen molar-refractivity contribution in [2.24, 2.45) is 5.92 Å². The largest absolute Gasteiger partial charge is 0.349 e. The predicted molar refractivity (Wildman–Crippen MR) is 55.7 cm³/mol. The first-order valence-electron chi connectivity index (χ1n) is 5.12. The summed E-state index contributed by atoms with van der Waals surface area (Å²) in [5, 5.41) is 3.02. The minimum absolute atomic E-state index is 0.129. The highest BCUT2D eigenvalue weighted by atomic mass is 16.2. The third kappa shape index (κ3) is 2.13. The van der Waals surface area contributed by atoms with Gasteiger partial charge in [0.05, 0.1) is 6.04 Å². The second-order valence-corrected chi connectivity index (χ2v) is 3.92. The number of hydrogen-bond acceptors (Lipinski definition) is 1. The number of benzene rings is 1. The van der Waals surface area contributed by atoms with Crippen LogP contribution in [-0.2, 0) is 4.79 Å². The Hall–Kier alpha value is -1.31. The number of nitrogens with one attached hydrogen (secondary N) is 1. The molecular formula is C12H15NO. The van der Waals surface area contributed by atoms with E-state index in [1.54, 1.807) is 0 Å². The lowest BCUT2D eigenvalue weighted by Gasteiger charge is -2.13. The van der Waals surface area contributed by atoms with Crippen LogP contribution in [0.25, 0.3) is 0 Å². The molecule has 1 aromatic carbocycles.